The molecule has 1 rings (SSSR count). The molecule has 0 saturated heterocycles. The fraction of sp³-hybridized carbons (Fsp3) is 0.667. The van der Waals surface area contributed by atoms with E-state index in [1.807, 2.05) is 27.0 Å². The van der Waals surface area contributed by atoms with Crippen LogP contribution in [-0.4, -0.2) is 35.3 Å². The minimum absolute atomic E-state index is 0.282. The predicted molar refractivity (Wildman–Crippen MR) is 65.7 cm³/mol. The Morgan fingerprint density at radius 1 is 1.12 bits per heavy atom. The van der Waals surface area contributed by atoms with E-state index in [0.717, 1.165) is 43.1 Å². The van der Waals surface area contributed by atoms with Gasteiger partial charge in [-0.05, 0) is 39.2 Å². The van der Waals surface area contributed by atoms with E-state index in [1.54, 1.807) is 0 Å². The van der Waals surface area contributed by atoms with Crippen LogP contribution >= 0.6 is 0 Å². The molecule has 0 radical (unpaired) electrons. The van der Waals surface area contributed by atoms with Crippen molar-refractivity contribution in [3.63, 3.8) is 0 Å². The lowest BCUT2D eigenvalue weighted by atomic mass is 10.2. The van der Waals surface area contributed by atoms with Gasteiger partial charge >= 0.3 is 0 Å². The zero-order valence-electron chi connectivity index (χ0n) is 10.4. The van der Waals surface area contributed by atoms with Gasteiger partial charge in [-0.15, -0.1) is 0 Å². The minimum atomic E-state index is 0.282. The van der Waals surface area contributed by atoms with Crippen LogP contribution in [0, 0.1) is 13.8 Å². The molecule has 0 bridgehead atoms. The number of hydrogen-bond acceptors (Lipinski definition) is 4. The van der Waals surface area contributed by atoms with Crippen molar-refractivity contribution in [3.8, 4) is 0 Å². The molecule has 0 atom stereocenters. The van der Waals surface area contributed by atoms with Gasteiger partial charge in [-0.25, -0.2) is 9.97 Å². The summed E-state index contributed by atoms with van der Waals surface area (Å²) in [6.07, 6.45) is 2.99. The molecular formula is C12H21N3O. The fourth-order valence-electron chi connectivity index (χ4n) is 1.62. The van der Waals surface area contributed by atoms with Gasteiger partial charge in [0.25, 0.3) is 0 Å². The van der Waals surface area contributed by atoms with Crippen LogP contribution in [0.1, 0.15) is 30.7 Å². The molecule has 90 valence electrons. The molecule has 0 aromatic carbocycles. The Bertz CT molecular complexity index is 308. The van der Waals surface area contributed by atoms with E-state index in [1.165, 1.54) is 0 Å². The van der Waals surface area contributed by atoms with Crippen molar-refractivity contribution in [2.45, 2.75) is 33.1 Å². The molecule has 4 heteroatoms. The third kappa shape index (κ3) is 4.14. The monoisotopic (exact) mass is 223 g/mol. The average molecular weight is 223 g/mol. The van der Waals surface area contributed by atoms with Crippen LogP contribution in [0.25, 0.3) is 0 Å². The molecular weight excluding hydrogens is 202 g/mol. The van der Waals surface area contributed by atoms with Gasteiger partial charge in [0.05, 0.1) is 0 Å². The summed E-state index contributed by atoms with van der Waals surface area (Å²) in [7, 11) is 2.01. The third-order valence-electron chi connectivity index (χ3n) is 2.46. The highest BCUT2D eigenvalue weighted by Gasteiger charge is 2.05. The lowest BCUT2D eigenvalue weighted by Gasteiger charge is -2.17. The molecule has 1 aromatic heterocycles. The maximum atomic E-state index is 8.68. The van der Waals surface area contributed by atoms with Crippen LogP contribution in [0.2, 0.25) is 0 Å². The minimum Gasteiger partial charge on any atom is -0.396 e. The number of anilines is 1. The zero-order valence-corrected chi connectivity index (χ0v) is 10.4. The van der Waals surface area contributed by atoms with Crippen molar-refractivity contribution in [2.75, 3.05) is 25.1 Å². The first-order valence-corrected chi connectivity index (χ1v) is 5.78. The Hall–Kier alpha value is -1.16. The maximum absolute atomic E-state index is 8.68. The van der Waals surface area contributed by atoms with E-state index >= 15 is 0 Å². The fourth-order valence-corrected chi connectivity index (χ4v) is 1.62. The summed E-state index contributed by atoms with van der Waals surface area (Å²) in [6.45, 7) is 5.18. The van der Waals surface area contributed by atoms with Crippen LogP contribution in [-0.2, 0) is 0 Å². The van der Waals surface area contributed by atoms with Crippen LogP contribution < -0.4 is 4.90 Å². The standard InChI is InChI=1S/C12H21N3O/c1-10-9-11(2)14-12(13-10)15(3)7-5-4-6-8-16/h9,16H,4-8H2,1-3H3. The second-order valence-electron chi connectivity index (χ2n) is 4.16. The summed E-state index contributed by atoms with van der Waals surface area (Å²) < 4.78 is 0. The van der Waals surface area contributed by atoms with E-state index in [0.29, 0.717) is 0 Å². The molecule has 1 N–H and O–H groups in total. The maximum Gasteiger partial charge on any atom is 0.225 e. The number of aliphatic hydroxyl groups is 1. The number of nitrogens with zero attached hydrogens (tertiary/aromatic N) is 3. The van der Waals surface area contributed by atoms with Crippen molar-refractivity contribution in [3.05, 3.63) is 17.5 Å². The van der Waals surface area contributed by atoms with Crippen LogP contribution in [0.5, 0.6) is 0 Å². The van der Waals surface area contributed by atoms with Crippen LogP contribution in [0.4, 0.5) is 5.95 Å². The largest absolute Gasteiger partial charge is 0.396 e. The summed E-state index contributed by atoms with van der Waals surface area (Å²) in [4.78, 5) is 10.9. The molecule has 0 fully saturated rings. The van der Waals surface area contributed by atoms with Crippen molar-refractivity contribution >= 4 is 5.95 Å². The number of unbranched alkanes of at least 4 members (excludes halogenated alkanes) is 2. The first-order chi connectivity index (χ1) is 7.63. The first-order valence-electron chi connectivity index (χ1n) is 5.78. The predicted octanol–water partition coefficient (Wildman–Crippen LogP) is 1.69. The van der Waals surface area contributed by atoms with E-state index in [-0.39, 0.29) is 6.61 Å². The molecule has 4 nitrogen and oxygen atoms in total. The number of aromatic nitrogens is 2. The van der Waals surface area contributed by atoms with Crippen LogP contribution in [0.15, 0.2) is 6.07 Å². The number of hydrogen-bond donors (Lipinski definition) is 1. The molecule has 1 heterocycles. The van der Waals surface area contributed by atoms with Crippen molar-refractivity contribution < 1.29 is 5.11 Å². The topological polar surface area (TPSA) is 49.2 Å². The second-order valence-corrected chi connectivity index (χ2v) is 4.16. The lowest BCUT2D eigenvalue weighted by Crippen LogP contribution is -2.21. The molecule has 0 aliphatic carbocycles. The highest BCUT2D eigenvalue weighted by molar-refractivity contribution is 5.30. The van der Waals surface area contributed by atoms with E-state index < -0.39 is 0 Å². The van der Waals surface area contributed by atoms with Gasteiger partial charge in [0, 0.05) is 31.6 Å². The van der Waals surface area contributed by atoms with Crippen molar-refractivity contribution in [1.29, 1.82) is 0 Å². The Labute approximate surface area is 97.3 Å². The second kappa shape index (κ2) is 6.43. The zero-order chi connectivity index (χ0) is 12.0. The van der Waals surface area contributed by atoms with Gasteiger partial charge in [-0.3, -0.25) is 0 Å². The van der Waals surface area contributed by atoms with Gasteiger partial charge in [-0.1, -0.05) is 0 Å². The van der Waals surface area contributed by atoms with E-state index in [2.05, 4.69) is 14.9 Å². The third-order valence-corrected chi connectivity index (χ3v) is 2.46. The smallest absolute Gasteiger partial charge is 0.225 e. The highest BCUT2D eigenvalue weighted by Crippen LogP contribution is 2.09. The number of rotatable bonds is 6. The lowest BCUT2D eigenvalue weighted by molar-refractivity contribution is 0.283. The van der Waals surface area contributed by atoms with E-state index in [9.17, 15) is 0 Å². The summed E-state index contributed by atoms with van der Waals surface area (Å²) in [5.74, 6) is 0.793. The first kappa shape index (κ1) is 12.9. The Morgan fingerprint density at radius 2 is 1.75 bits per heavy atom. The Kier molecular flexibility index (Phi) is 5.19. The number of aliphatic hydroxyl groups excluding tert-OH is 1. The Balaban J connectivity index is 2.48. The number of aryl methyl sites for hydroxylation is 2. The van der Waals surface area contributed by atoms with Gasteiger partial charge in [0.1, 0.15) is 0 Å². The summed E-state index contributed by atoms with van der Waals surface area (Å²) in [6, 6.07) is 1.98. The molecule has 16 heavy (non-hydrogen) atoms. The molecule has 0 amide bonds. The molecule has 0 aliphatic heterocycles. The molecule has 0 unspecified atom stereocenters. The normalized spacial score (nSPS) is 10.5. The van der Waals surface area contributed by atoms with Gasteiger partial charge in [0.15, 0.2) is 0 Å². The Morgan fingerprint density at radius 3 is 2.31 bits per heavy atom. The molecule has 1 aromatic rings. The summed E-state index contributed by atoms with van der Waals surface area (Å²) in [5.41, 5.74) is 2.01. The molecule has 0 aliphatic rings. The van der Waals surface area contributed by atoms with Gasteiger partial charge < -0.3 is 10.0 Å². The van der Waals surface area contributed by atoms with E-state index in [4.69, 9.17) is 5.11 Å². The quantitative estimate of drug-likeness (QED) is 0.746. The SMILES string of the molecule is Cc1cc(C)nc(N(C)CCCCCO)n1. The van der Waals surface area contributed by atoms with Gasteiger partial charge in [0.2, 0.25) is 5.95 Å². The molecule has 0 spiro atoms. The summed E-state index contributed by atoms with van der Waals surface area (Å²) >= 11 is 0. The van der Waals surface area contributed by atoms with Gasteiger partial charge in [-0.2, -0.15) is 0 Å². The van der Waals surface area contributed by atoms with Crippen molar-refractivity contribution in [1.82, 2.24) is 9.97 Å². The van der Waals surface area contributed by atoms with Crippen molar-refractivity contribution in [2.24, 2.45) is 0 Å². The molecule has 0 saturated carbocycles. The highest BCUT2D eigenvalue weighted by atomic mass is 16.2. The van der Waals surface area contributed by atoms with Crippen LogP contribution in [0.3, 0.4) is 0 Å². The summed E-state index contributed by atoms with van der Waals surface area (Å²) in [5, 5.41) is 8.68. The average Bonchev–Trinajstić information content (AvgIpc) is 2.22.